The van der Waals surface area contributed by atoms with Crippen LogP contribution in [-0.2, 0) is 0 Å². The van der Waals surface area contributed by atoms with Gasteiger partial charge in [-0.25, -0.2) is 4.39 Å². The molecule has 1 amide bonds. The second kappa shape index (κ2) is 7.26. The number of hydrogen-bond donors (Lipinski definition) is 2. The Morgan fingerprint density at radius 3 is 2.89 bits per heavy atom. The molecule has 0 aromatic heterocycles. The van der Waals surface area contributed by atoms with Crippen molar-refractivity contribution in [3.05, 3.63) is 46.8 Å². The molecule has 2 N–H and O–H groups in total. The molecule has 1 aromatic rings. The van der Waals surface area contributed by atoms with Gasteiger partial charge in [-0.15, -0.1) is 12.4 Å². The van der Waals surface area contributed by atoms with Crippen molar-refractivity contribution in [2.24, 2.45) is 0 Å². The lowest BCUT2D eigenvalue weighted by atomic mass is 10.1. The molecule has 19 heavy (non-hydrogen) atoms. The molecule has 0 aliphatic carbocycles. The Hall–Kier alpha value is -1.39. The van der Waals surface area contributed by atoms with Gasteiger partial charge in [0.2, 0.25) is 0 Å². The molecule has 3 nitrogen and oxygen atoms in total. The maximum absolute atomic E-state index is 13.3. The Bertz CT molecular complexity index is 488. The van der Waals surface area contributed by atoms with Gasteiger partial charge < -0.3 is 10.6 Å². The van der Waals surface area contributed by atoms with Crippen LogP contribution < -0.4 is 10.6 Å². The highest BCUT2D eigenvalue weighted by Crippen LogP contribution is 2.09. The molecule has 0 saturated carbocycles. The van der Waals surface area contributed by atoms with E-state index in [9.17, 15) is 9.18 Å². The average molecular weight is 285 g/mol. The zero-order valence-corrected chi connectivity index (χ0v) is 11.6. The molecule has 1 aliphatic heterocycles. The highest BCUT2D eigenvalue weighted by Gasteiger charge is 2.09. The van der Waals surface area contributed by atoms with Gasteiger partial charge in [0.1, 0.15) is 5.82 Å². The van der Waals surface area contributed by atoms with Crippen molar-refractivity contribution in [1.82, 2.24) is 10.6 Å². The van der Waals surface area contributed by atoms with Gasteiger partial charge in [-0.2, -0.15) is 0 Å². The van der Waals surface area contributed by atoms with Crippen molar-refractivity contribution in [1.29, 1.82) is 0 Å². The fraction of sp³-hybridized carbons (Fsp3) is 0.357. The molecule has 0 spiro atoms. The van der Waals surface area contributed by atoms with E-state index in [1.54, 1.807) is 19.1 Å². The van der Waals surface area contributed by atoms with Gasteiger partial charge in [-0.3, -0.25) is 4.79 Å². The summed E-state index contributed by atoms with van der Waals surface area (Å²) < 4.78 is 13.3. The predicted octanol–water partition coefficient (Wildman–Crippen LogP) is 2.21. The van der Waals surface area contributed by atoms with Crippen LogP contribution in [0.1, 0.15) is 22.3 Å². The molecular weight excluding hydrogens is 267 g/mol. The molecule has 5 heteroatoms. The van der Waals surface area contributed by atoms with E-state index in [1.807, 2.05) is 0 Å². The average Bonchev–Trinajstić information content (AvgIpc) is 2.40. The Morgan fingerprint density at radius 2 is 2.26 bits per heavy atom. The van der Waals surface area contributed by atoms with Crippen molar-refractivity contribution in [2.45, 2.75) is 13.3 Å². The number of halogens is 2. The third-order valence-electron chi connectivity index (χ3n) is 3.07. The fourth-order valence-electron chi connectivity index (χ4n) is 1.86. The molecule has 1 aliphatic rings. The number of carbonyl (C=O) groups excluding carboxylic acids is 1. The molecule has 0 unspecified atom stereocenters. The summed E-state index contributed by atoms with van der Waals surface area (Å²) in [6.07, 6.45) is 3.03. The number of amides is 1. The molecule has 0 bridgehead atoms. The molecular formula is C14H18ClFN2O. The van der Waals surface area contributed by atoms with E-state index in [4.69, 9.17) is 0 Å². The van der Waals surface area contributed by atoms with Crippen molar-refractivity contribution in [2.75, 3.05) is 19.6 Å². The number of benzene rings is 1. The van der Waals surface area contributed by atoms with Gasteiger partial charge in [-0.05, 0) is 37.6 Å². The van der Waals surface area contributed by atoms with E-state index >= 15 is 0 Å². The van der Waals surface area contributed by atoms with E-state index in [1.165, 1.54) is 11.6 Å². The third kappa shape index (κ3) is 4.33. The van der Waals surface area contributed by atoms with Gasteiger partial charge in [0.05, 0.1) is 0 Å². The van der Waals surface area contributed by atoms with Crippen LogP contribution in [-0.4, -0.2) is 25.5 Å². The Labute approximate surface area is 118 Å². The smallest absolute Gasteiger partial charge is 0.251 e. The van der Waals surface area contributed by atoms with E-state index in [0.29, 0.717) is 17.7 Å². The number of aryl methyl sites for hydroxylation is 1. The van der Waals surface area contributed by atoms with E-state index in [0.717, 1.165) is 19.5 Å². The normalized spacial score (nSPS) is 14.3. The van der Waals surface area contributed by atoms with E-state index in [2.05, 4.69) is 16.7 Å². The first-order chi connectivity index (χ1) is 8.66. The van der Waals surface area contributed by atoms with Gasteiger partial charge in [0.15, 0.2) is 0 Å². The quantitative estimate of drug-likeness (QED) is 0.836. The Balaban J connectivity index is 0.00000180. The lowest BCUT2D eigenvalue weighted by molar-refractivity contribution is 0.0956. The first-order valence-corrected chi connectivity index (χ1v) is 6.10. The molecule has 104 valence electrons. The van der Waals surface area contributed by atoms with Crippen LogP contribution in [0, 0.1) is 12.7 Å². The highest BCUT2D eigenvalue weighted by atomic mass is 35.5. The number of rotatable bonds is 3. The summed E-state index contributed by atoms with van der Waals surface area (Å²) in [4.78, 5) is 11.8. The van der Waals surface area contributed by atoms with Crippen LogP contribution in [0.25, 0.3) is 0 Å². The summed E-state index contributed by atoms with van der Waals surface area (Å²) in [7, 11) is 0. The summed E-state index contributed by atoms with van der Waals surface area (Å²) in [5.74, 6) is -0.572. The van der Waals surface area contributed by atoms with Gasteiger partial charge >= 0.3 is 0 Å². The van der Waals surface area contributed by atoms with Crippen LogP contribution in [0.15, 0.2) is 29.8 Å². The zero-order valence-electron chi connectivity index (χ0n) is 10.8. The van der Waals surface area contributed by atoms with Crippen LogP contribution in [0.2, 0.25) is 0 Å². The number of nitrogens with one attached hydrogen (secondary N) is 2. The maximum Gasteiger partial charge on any atom is 0.251 e. The monoisotopic (exact) mass is 284 g/mol. The minimum absolute atomic E-state index is 0. The molecule has 0 saturated heterocycles. The molecule has 1 heterocycles. The van der Waals surface area contributed by atoms with Crippen LogP contribution >= 0.6 is 12.4 Å². The van der Waals surface area contributed by atoms with Gasteiger partial charge in [-0.1, -0.05) is 17.7 Å². The molecule has 0 atom stereocenters. The number of hydrogen-bond acceptors (Lipinski definition) is 2. The lowest BCUT2D eigenvalue weighted by Gasteiger charge is -2.14. The predicted molar refractivity (Wildman–Crippen MR) is 76.3 cm³/mol. The first kappa shape index (κ1) is 15.7. The summed E-state index contributed by atoms with van der Waals surface area (Å²) in [6, 6.07) is 4.54. The second-order valence-electron chi connectivity index (χ2n) is 4.46. The van der Waals surface area contributed by atoms with Crippen molar-refractivity contribution in [3.63, 3.8) is 0 Å². The van der Waals surface area contributed by atoms with Crippen LogP contribution in [0.4, 0.5) is 4.39 Å². The molecule has 2 rings (SSSR count). The van der Waals surface area contributed by atoms with Crippen molar-refractivity contribution < 1.29 is 9.18 Å². The Kier molecular flexibility index (Phi) is 5.99. The van der Waals surface area contributed by atoms with Gasteiger partial charge in [0, 0.05) is 18.7 Å². The largest absolute Gasteiger partial charge is 0.348 e. The van der Waals surface area contributed by atoms with E-state index in [-0.39, 0.29) is 24.1 Å². The minimum Gasteiger partial charge on any atom is -0.348 e. The minimum atomic E-state index is -0.344. The standard InChI is InChI=1S/C14H17FN2O.ClH/c1-10-2-3-12(8-13(10)15)14(18)17-9-11-4-6-16-7-5-11;/h2-4,8,16H,5-7,9H2,1H3,(H,17,18);1H. The maximum atomic E-state index is 13.3. The fourth-order valence-corrected chi connectivity index (χ4v) is 1.86. The summed E-state index contributed by atoms with van der Waals surface area (Å²) in [5, 5.41) is 6.02. The van der Waals surface area contributed by atoms with E-state index < -0.39 is 0 Å². The highest BCUT2D eigenvalue weighted by molar-refractivity contribution is 5.94. The molecule has 1 aromatic carbocycles. The topological polar surface area (TPSA) is 41.1 Å². The van der Waals surface area contributed by atoms with Crippen LogP contribution in [0.3, 0.4) is 0 Å². The third-order valence-corrected chi connectivity index (χ3v) is 3.07. The Morgan fingerprint density at radius 1 is 1.47 bits per heavy atom. The van der Waals surface area contributed by atoms with Crippen molar-refractivity contribution >= 4 is 18.3 Å². The molecule has 0 fully saturated rings. The zero-order chi connectivity index (χ0) is 13.0. The summed E-state index contributed by atoms with van der Waals surface area (Å²) in [5.41, 5.74) is 2.13. The lowest BCUT2D eigenvalue weighted by Crippen LogP contribution is -2.29. The molecule has 0 radical (unpaired) electrons. The summed E-state index contributed by atoms with van der Waals surface area (Å²) >= 11 is 0. The van der Waals surface area contributed by atoms with Crippen molar-refractivity contribution in [3.8, 4) is 0 Å². The summed E-state index contributed by atoms with van der Waals surface area (Å²) in [6.45, 7) is 4.01. The number of carbonyl (C=O) groups is 1. The van der Waals surface area contributed by atoms with Crippen LogP contribution in [0.5, 0.6) is 0 Å². The van der Waals surface area contributed by atoms with Gasteiger partial charge in [0.25, 0.3) is 5.91 Å². The first-order valence-electron chi connectivity index (χ1n) is 6.10. The SMILES string of the molecule is Cc1ccc(C(=O)NCC2=CCNCC2)cc1F.Cl. The second-order valence-corrected chi connectivity index (χ2v) is 4.46.